The van der Waals surface area contributed by atoms with Gasteiger partial charge in [0.25, 0.3) is 0 Å². The Kier molecular flexibility index (Phi) is 4.38. The normalized spacial score (nSPS) is 11.6. The van der Waals surface area contributed by atoms with Gasteiger partial charge >= 0.3 is 6.18 Å². The van der Waals surface area contributed by atoms with Crippen LogP contribution < -0.4 is 5.32 Å². The van der Waals surface area contributed by atoms with E-state index in [0.29, 0.717) is 17.1 Å². The molecule has 0 aliphatic carbocycles. The average molecular weight is 383 g/mol. The van der Waals surface area contributed by atoms with E-state index in [9.17, 15) is 13.2 Å². The van der Waals surface area contributed by atoms with Crippen LogP contribution >= 0.6 is 0 Å². The molecule has 2 aromatic heterocycles. The van der Waals surface area contributed by atoms with Gasteiger partial charge in [0.15, 0.2) is 0 Å². The Bertz CT molecular complexity index is 1080. The summed E-state index contributed by atoms with van der Waals surface area (Å²) in [7, 11) is 0. The quantitative estimate of drug-likeness (QED) is 0.532. The Labute approximate surface area is 159 Å². The molecule has 0 spiro atoms. The van der Waals surface area contributed by atoms with Crippen LogP contribution in [0.3, 0.4) is 0 Å². The van der Waals surface area contributed by atoms with Gasteiger partial charge in [0.1, 0.15) is 0 Å². The standard InChI is InChI=1S/C20H16F3N5/c1-14-4-6-16(18(12-14)27-10-2-8-24-27)26-17-7-5-15(20(21,22)23)13-19(17)28-11-3-9-25-28/h2-13,26H,1H3. The third-order valence-electron chi connectivity index (χ3n) is 4.25. The number of anilines is 2. The Morgan fingerprint density at radius 2 is 1.39 bits per heavy atom. The van der Waals surface area contributed by atoms with Crippen molar-refractivity contribution in [2.45, 2.75) is 13.1 Å². The fourth-order valence-corrected chi connectivity index (χ4v) is 2.91. The maximum atomic E-state index is 13.2. The first-order valence-electron chi connectivity index (χ1n) is 8.51. The van der Waals surface area contributed by atoms with E-state index in [4.69, 9.17) is 0 Å². The van der Waals surface area contributed by atoms with E-state index >= 15 is 0 Å². The Balaban J connectivity index is 1.81. The lowest BCUT2D eigenvalue weighted by Crippen LogP contribution is -2.09. The molecule has 142 valence electrons. The van der Waals surface area contributed by atoms with E-state index in [2.05, 4.69) is 15.5 Å². The zero-order chi connectivity index (χ0) is 19.7. The fourth-order valence-electron chi connectivity index (χ4n) is 2.91. The van der Waals surface area contributed by atoms with Crippen molar-refractivity contribution < 1.29 is 13.2 Å². The van der Waals surface area contributed by atoms with E-state index in [1.807, 2.05) is 25.1 Å². The molecular weight excluding hydrogens is 367 g/mol. The number of aryl methyl sites for hydroxylation is 1. The third-order valence-corrected chi connectivity index (χ3v) is 4.25. The van der Waals surface area contributed by atoms with Crippen LogP contribution in [-0.2, 0) is 6.18 Å². The second-order valence-electron chi connectivity index (χ2n) is 6.28. The molecule has 28 heavy (non-hydrogen) atoms. The first kappa shape index (κ1) is 17.8. The van der Waals surface area contributed by atoms with Gasteiger partial charge < -0.3 is 5.32 Å². The first-order valence-corrected chi connectivity index (χ1v) is 8.51. The molecule has 0 fully saturated rings. The number of halogens is 3. The highest BCUT2D eigenvalue weighted by molar-refractivity contribution is 5.75. The summed E-state index contributed by atoms with van der Waals surface area (Å²) in [5.74, 6) is 0. The SMILES string of the molecule is Cc1ccc(Nc2ccc(C(F)(F)F)cc2-n2cccn2)c(-n2cccn2)c1. The lowest BCUT2D eigenvalue weighted by Gasteiger charge is -2.17. The van der Waals surface area contributed by atoms with Gasteiger partial charge in [-0.05, 0) is 55.0 Å². The lowest BCUT2D eigenvalue weighted by molar-refractivity contribution is -0.137. The number of nitrogens with one attached hydrogen (secondary N) is 1. The van der Waals surface area contributed by atoms with Gasteiger partial charge in [0, 0.05) is 24.8 Å². The summed E-state index contributed by atoms with van der Waals surface area (Å²) in [6.45, 7) is 1.96. The van der Waals surface area contributed by atoms with Gasteiger partial charge in [-0.15, -0.1) is 0 Å². The molecule has 0 saturated heterocycles. The molecular formula is C20H16F3N5. The van der Waals surface area contributed by atoms with Crippen LogP contribution in [0.1, 0.15) is 11.1 Å². The van der Waals surface area contributed by atoms with Crippen molar-refractivity contribution in [3.63, 3.8) is 0 Å². The largest absolute Gasteiger partial charge is 0.416 e. The third kappa shape index (κ3) is 3.48. The number of hydrogen-bond donors (Lipinski definition) is 1. The molecule has 2 aromatic carbocycles. The highest BCUT2D eigenvalue weighted by Gasteiger charge is 2.31. The Morgan fingerprint density at radius 3 is 1.93 bits per heavy atom. The second kappa shape index (κ2) is 6.88. The van der Waals surface area contributed by atoms with E-state index in [1.54, 1.807) is 35.4 Å². The average Bonchev–Trinajstić information content (AvgIpc) is 3.36. The van der Waals surface area contributed by atoms with Gasteiger partial charge in [0.05, 0.1) is 28.3 Å². The summed E-state index contributed by atoms with van der Waals surface area (Å²) in [5, 5.41) is 11.6. The summed E-state index contributed by atoms with van der Waals surface area (Å²) < 4.78 is 42.7. The topological polar surface area (TPSA) is 47.7 Å². The molecule has 2 heterocycles. The minimum absolute atomic E-state index is 0.298. The van der Waals surface area contributed by atoms with E-state index in [-0.39, 0.29) is 0 Å². The Morgan fingerprint density at radius 1 is 0.821 bits per heavy atom. The molecule has 0 aliphatic heterocycles. The zero-order valence-corrected chi connectivity index (χ0v) is 14.9. The first-order chi connectivity index (χ1) is 13.4. The van der Waals surface area contributed by atoms with Crippen molar-refractivity contribution in [2.75, 3.05) is 5.32 Å². The van der Waals surface area contributed by atoms with Crippen molar-refractivity contribution in [1.82, 2.24) is 19.6 Å². The predicted molar refractivity (Wildman–Crippen MR) is 100 cm³/mol. The summed E-state index contributed by atoms with van der Waals surface area (Å²) in [5.41, 5.74) is 2.59. The number of benzene rings is 2. The molecule has 0 aliphatic rings. The molecule has 5 nitrogen and oxygen atoms in total. The molecule has 0 radical (unpaired) electrons. The summed E-state index contributed by atoms with van der Waals surface area (Å²) in [6, 6.07) is 12.8. The van der Waals surface area contributed by atoms with Gasteiger partial charge in [0.2, 0.25) is 0 Å². The van der Waals surface area contributed by atoms with E-state index < -0.39 is 11.7 Å². The highest BCUT2D eigenvalue weighted by Crippen LogP contribution is 2.35. The van der Waals surface area contributed by atoms with Crippen molar-refractivity contribution >= 4 is 11.4 Å². The number of alkyl halides is 3. The summed E-state index contributed by atoms with van der Waals surface area (Å²) in [6.07, 6.45) is 2.15. The van der Waals surface area contributed by atoms with E-state index in [0.717, 1.165) is 23.4 Å². The molecule has 0 saturated carbocycles. The van der Waals surface area contributed by atoms with Crippen molar-refractivity contribution in [3.05, 3.63) is 84.4 Å². The summed E-state index contributed by atoms with van der Waals surface area (Å²) in [4.78, 5) is 0. The van der Waals surface area contributed by atoms with E-state index in [1.165, 1.54) is 16.9 Å². The Hall–Kier alpha value is -3.55. The minimum Gasteiger partial charge on any atom is -0.352 e. The number of aromatic nitrogens is 4. The second-order valence-corrected chi connectivity index (χ2v) is 6.28. The highest BCUT2D eigenvalue weighted by atomic mass is 19.4. The molecule has 8 heteroatoms. The molecule has 0 bridgehead atoms. The number of nitrogens with zero attached hydrogens (tertiary/aromatic N) is 4. The van der Waals surface area contributed by atoms with Crippen LogP contribution in [0.2, 0.25) is 0 Å². The maximum absolute atomic E-state index is 13.2. The monoisotopic (exact) mass is 383 g/mol. The van der Waals surface area contributed by atoms with Gasteiger partial charge in [-0.3, -0.25) is 0 Å². The van der Waals surface area contributed by atoms with Gasteiger partial charge in [-0.2, -0.15) is 23.4 Å². The number of rotatable bonds is 4. The van der Waals surface area contributed by atoms with Crippen LogP contribution in [0.4, 0.5) is 24.5 Å². The van der Waals surface area contributed by atoms with Crippen LogP contribution in [-0.4, -0.2) is 19.6 Å². The van der Waals surface area contributed by atoms with Crippen molar-refractivity contribution in [1.29, 1.82) is 0 Å². The molecule has 0 amide bonds. The van der Waals surface area contributed by atoms with Crippen LogP contribution in [0.15, 0.2) is 73.3 Å². The van der Waals surface area contributed by atoms with Crippen molar-refractivity contribution in [3.8, 4) is 11.4 Å². The predicted octanol–water partition coefficient (Wildman–Crippen LogP) is 5.13. The molecule has 4 rings (SSSR count). The fraction of sp³-hybridized carbons (Fsp3) is 0.100. The van der Waals surface area contributed by atoms with Gasteiger partial charge in [-0.1, -0.05) is 6.07 Å². The van der Waals surface area contributed by atoms with Gasteiger partial charge in [-0.25, -0.2) is 9.36 Å². The summed E-state index contributed by atoms with van der Waals surface area (Å²) >= 11 is 0. The minimum atomic E-state index is -4.44. The molecule has 0 atom stereocenters. The molecule has 1 N–H and O–H groups in total. The maximum Gasteiger partial charge on any atom is 0.416 e. The smallest absolute Gasteiger partial charge is 0.352 e. The number of hydrogen-bond acceptors (Lipinski definition) is 3. The lowest BCUT2D eigenvalue weighted by atomic mass is 10.1. The zero-order valence-electron chi connectivity index (χ0n) is 14.9. The van der Waals surface area contributed by atoms with Crippen LogP contribution in [0, 0.1) is 6.92 Å². The van der Waals surface area contributed by atoms with Crippen LogP contribution in [0.5, 0.6) is 0 Å². The molecule has 4 aromatic rings. The van der Waals surface area contributed by atoms with Crippen LogP contribution in [0.25, 0.3) is 11.4 Å². The van der Waals surface area contributed by atoms with Crippen molar-refractivity contribution in [2.24, 2.45) is 0 Å². The molecule has 0 unspecified atom stereocenters.